The van der Waals surface area contributed by atoms with Gasteiger partial charge in [0.2, 0.25) is 11.8 Å². The van der Waals surface area contributed by atoms with Crippen LogP contribution in [-0.4, -0.2) is 49.9 Å². The normalized spacial score (nSPS) is 16.8. The van der Waals surface area contributed by atoms with Gasteiger partial charge in [0.15, 0.2) is 0 Å². The monoisotopic (exact) mass is 241 g/mol. The summed E-state index contributed by atoms with van der Waals surface area (Å²) in [5.74, 6) is 0.277. The highest BCUT2D eigenvalue weighted by Gasteiger charge is 2.15. The maximum atomic E-state index is 11.7. The van der Waals surface area contributed by atoms with Crippen molar-refractivity contribution in [2.45, 2.75) is 32.1 Å². The molecule has 0 aromatic rings. The van der Waals surface area contributed by atoms with Gasteiger partial charge in [-0.2, -0.15) is 0 Å². The standard InChI is InChI=1S/C12H23N3O2/c1-13-10-11(16)14-7-5-9-15-8-4-2-3-6-12(15)17/h13H,2-10H2,1H3,(H,14,16). The van der Waals surface area contributed by atoms with E-state index in [9.17, 15) is 9.59 Å². The Kier molecular flexibility index (Phi) is 6.62. The van der Waals surface area contributed by atoms with Crippen molar-refractivity contribution in [2.75, 3.05) is 33.2 Å². The van der Waals surface area contributed by atoms with E-state index in [0.717, 1.165) is 38.8 Å². The van der Waals surface area contributed by atoms with Gasteiger partial charge in [-0.05, 0) is 26.3 Å². The highest BCUT2D eigenvalue weighted by Crippen LogP contribution is 2.10. The maximum absolute atomic E-state index is 11.7. The molecule has 0 aromatic heterocycles. The van der Waals surface area contributed by atoms with Gasteiger partial charge >= 0.3 is 0 Å². The molecule has 5 nitrogen and oxygen atoms in total. The van der Waals surface area contributed by atoms with Crippen LogP contribution in [0.5, 0.6) is 0 Å². The highest BCUT2D eigenvalue weighted by atomic mass is 16.2. The summed E-state index contributed by atoms with van der Waals surface area (Å²) in [6.45, 7) is 2.63. The van der Waals surface area contributed by atoms with Gasteiger partial charge in [0.05, 0.1) is 6.54 Å². The Labute approximate surface area is 103 Å². The molecular formula is C12H23N3O2. The van der Waals surface area contributed by atoms with Gasteiger partial charge in [-0.1, -0.05) is 6.42 Å². The Morgan fingerprint density at radius 2 is 2.18 bits per heavy atom. The van der Waals surface area contributed by atoms with E-state index in [0.29, 0.717) is 19.5 Å². The predicted molar refractivity (Wildman–Crippen MR) is 66.6 cm³/mol. The summed E-state index contributed by atoms with van der Waals surface area (Å²) in [7, 11) is 1.75. The molecule has 0 radical (unpaired) electrons. The summed E-state index contributed by atoms with van der Waals surface area (Å²) >= 11 is 0. The van der Waals surface area contributed by atoms with E-state index in [1.807, 2.05) is 4.90 Å². The lowest BCUT2D eigenvalue weighted by Crippen LogP contribution is -2.36. The molecule has 5 heteroatoms. The Morgan fingerprint density at radius 1 is 1.35 bits per heavy atom. The van der Waals surface area contributed by atoms with Crippen molar-refractivity contribution in [1.82, 2.24) is 15.5 Å². The van der Waals surface area contributed by atoms with Crippen LogP contribution in [-0.2, 0) is 9.59 Å². The van der Waals surface area contributed by atoms with E-state index in [-0.39, 0.29) is 11.8 Å². The Balaban J connectivity index is 2.12. The van der Waals surface area contributed by atoms with Crippen LogP contribution in [0.25, 0.3) is 0 Å². The summed E-state index contributed by atoms with van der Waals surface area (Å²) in [5, 5.41) is 5.61. The summed E-state index contributed by atoms with van der Waals surface area (Å²) < 4.78 is 0. The molecule has 1 saturated heterocycles. The molecule has 1 rings (SSSR count). The van der Waals surface area contributed by atoms with Crippen molar-refractivity contribution in [3.05, 3.63) is 0 Å². The van der Waals surface area contributed by atoms with Crippen LogP contribution in [0.1, 0.15) is 32.1 Å². The summed E-state index contributed by atoms with van der Waals surface area (Å²) in [6.07, 6.45) is 4.81. The number of hydrogen-bond donors (Lipinski definition) is 2. The Hall–Kier alpha value is -1.10. The zero-order chi connectivity index (χ0) is 12.5. The van der Waals surface area contributed by atoms with Gasteiger partial charge in [-0.25, -0.2) is 0 Å². The molecule has 1 heterocycles. The molecule has 0 saturated carbocycles. The second-order valence-electron chi connectivity index (χ2n) is 4.43. The van der Waals surface area contributed by atoms with E-state index >= 15 is 0 Å². The molecule has 0 atom stereocenters. The van der Waals surface area contributed by atoms with Crippen LogP contribution < -0.4 is 10.6 Å². The van der Waals surface area contributed by atoms with Gasteiger partial charge < -0.3 is 15.5 Å². The van der Waals surface area contributed by atoms with Crippen LogP contribution in [0.15, 0.2) is 0 Å². The third kappa shape index (κ3) is 5.68. The van der Waals surface area contributed by atoms with Gasteiger partial charge in [0.25, 0.3) is 0 Å². The smallest absolute Gasteiger partial charge is 0.233 e. The zero-order valence-corrected chi connectivity index (χ0v) is 10.6. The predicted octanol–water partition coefficient (Wildman–Crippen LogP) is 0.115. The molecule has 0 aromatic carbocycles. The molecular weight excluding hydrogens is 218 g/mol. The third-order valence-corrected chi connectivity index (χ3v) is 2.94. The number of carbonyl (C=O) groups excluding carboxylic acids is 2. The largest absolute Gasteiger partial charge is 0.355 e. The van der Waals surface area contributed by atoms with Crippen molar-refractivity contribution >= 4 is 11.8 Å². The van der Waals surface area contributed by atoms with Crippen LogP contribution in [0.4, 0.5) is 0 Å². The van der Waals surface area contributed by atoms with Crippen molar-refractivity contribution in [3.63, 3.8) is 0 Å². The van der Waals surface area contributed by atoms with Gasteiger partial charge in [-0.15, -0.1) is 0 Å². The average molecular weight is 241 g/mol. The minimum atomic E-state index is 0.00897. The van der Waals surface area contributed by atoms with E-state index in [1.54, 1.807) is 7.05 Å². The second kappa shape index (κ2) is 8.06. The summed E-state index contributed by atoms with van der Waals surface area (Å²) in [6, 6.07) is 0. The van der Waals surface area contributed by atoms with Crippen LogP contribution in [0.3, 0.4) is 0 Å². The first kappa shape index (κ1) is 14.0. The van der Waals surface area contributed by atoms with E-state index in [1.165, 1.54) is 0 Å². The molecule has 1 fully saturated rings. The fourth-order valence-electron chi connectivity index (χ4n) is 2.00. The van der Waals surface area contributed by atoms with Crippen molar-refractivity contribution in [1.29, 1.82) is 0 Å². The van der Waals surface area contributed by atoms with Gasteiger partial charge in [0.1, 0.15) is 0 Å². The lowest BCUT2D eigenvalue weighted by Gasteiger charge is -2.20. The van der Waals surface area contributed by atoms with Crippen LogP contribution in [0.2, 0.25) is 0 Å². The molecule has 2 N–H and O–H groups in total. The number of likely N-dealkylation sites (tertiary alicyclic amines) is 1. The van der Waals surface area contributed by atoms with Crippen molar-refractivity contribution in [3.8, 4) is 0 Å². The number of nitrogens with one attached hydrogen (secondary N) is 2. The molecule has 1 aliphatic rings. The lowest BCUT2D eigenvalue weighted by molar-refractivity contribution is -0.130. The molecule has 0 spiro atoms. The molecule has 98 valence electrons. The Morgan fingerprint density at radius 3 is 2.94 bits per heavy atom. The topological polar surface area (TPSA) is 61.4 Å². The number of carbonyl (C=O) groups is 2. The molecule has 17 heavy (non-hydrogen) atoms. The molecule has 0 aliphatic carbocycles. The first-order valence-electron chi connectivity index (χ1n) is 6.43. The van der Waals surface area contributed by atoms with E-state index in [2.05, 4.69) is 10.6 Å². The summed E-state index contributed by atoms with van der Waals surface area (Å²) in [5.41, 5.74) is 0. The quantitative estimate of drug-likeness (QED) is 0.649. The van der Waals surface area contributed by atoms with Crippen molar-refractivity contribution in [2.24, 2.45) is 0 Å². The highest BCUT2D eigenvalue weighted by molar-refractivity contribution is 5.78. The zero-order valence-electron chi connectivity index (χ0n) is 10.6. The van der Waals surface area contributed by atoms with Crippen molar-refractivity contribution < 1.29 is 9.59 Å². The molecule has 0 bridgehead atoms. The molecule has 0 unspecified atom stereocenters. The Bertz CT molecular complexity index is 256. The van der Waals surface area contributed by atoms with E-state index in [4.69, 9.17) is 0 Å². The average Bonchev–Trinajstić information content (AvgIpc) is 2.50. The fourth-order valence-corrected chi connectivity index (χ4v) is 2.00. The maximum Gasteiger partial charge on any atom is 0.233 e. The van der Waals surface area contributed by atoms with Crippen LogP contribution >= 0.6 is 0 Å². The minimum Gasteiger partial charge on any atom is -0.355 e. The third-order valence-electron chi connectivity index (χ3n) is 2.94. The molecule has 1 aliphatic heterocycles. The number of likely N-dealkylation sites (N-methyl/N-ethyl adjacent to an activating group) is 1. The second-order valence-corrected chi connectivity index (χ2v) is 4.43. The fraction of sp³-hybridized carbons (Fsp3) is 0.833. The SMILES string of the molecule is CNCC(=O)NCCCN1CCCCCC1=O. The first-order chi connectivity index (χ1) is 8.24. The van der Waals surface area contributed by atoms with Crippen LogP contribution in [0, 0.1) is 0 Å². The summed E-state index contributed by atoms with van der Waals surface area (Å²) in [4.78, 5) is 24.8. The first-order valence-corrected chi connectivity index (χ1v) is 6.43. The van der Waals surface area contributed by atoms with E-state index < -0.39 is 0 Å². The lowest BCUT2D eigenvalue weighted by atomic mass is 10.2. The minimum absolute atomic E-state index is 0.00897. The number of rotatable bonds is 6. The number of hydrogen-bond acceptors (Lipinski definition) is 3. The van der Waals surface area contributed by atoms with Gasteiger partial charge in [0, 0.05) is 26.1 Å². The molecule has 2 amide bonds. The van der Waals surface area contributed by atoms with Gasteiger partial charge in [-0.3, -0.25) is 9.59 Å². The number of nitrogens with zero attached hydrogens (tertiary/aromatic N) is 1. The number of amides is 2.